The number of amides is 1. The average Bonchev–Trinajstić information content (AvgIpc) is 2.91. The Morgan fingerprint density at radius 1 is 1.04 bits per heavy atom. The third kappa shape index (κ3) is 4.43. The van der Waals surface area contributed by atoms with Gasteiger partial charge in [0, 0.05) is 30.5 Å². The Kier molecular flexibility index (Phi) is 5.60. The van der Waals surface area contributed by atoms with E-state index in [0.29, 0.717) is 5.56 Å². The maximum atomic E-state index is 12.8. The summed E-state index contributed by atoms with van der Waals surface area (Å²) in [6, 6.07) is 11.7. The Labute approximate surface area is 156 Å². The minimum atomic E-state index is -0.0832. The topological polar surface area (TPSA) is 45.2 Å². The molecule has 2 heterocycles. The number of hydrogen-bond donors (Lipinski definition) is 1. The van der Waals surface area contributed by atoms with Gasteiger partial charge in [0.25, 0.3) is 5.91 Å². The van der Waals surface area contributed by atoms with Crippen LogP contribution in [-0.2, 0) is 5.41 Å². The predicted octanol–water partition coefficient (Wildman–Crippen LogP) is 5.01. The molecule has 1 aliphatic heterocycles. The van der Waals surface area contributed by atoms with Gasteiger partial charge in [-0.3, -0.25) is 4.79 Å². The molecule has 1 saturated heterocycles. The molecule has 138 valence electrons. The van der Waals surface area contributed by atoms with Crippen molar-refractivity contribution in [1.29, 1.82) is 0 Å². The van der Waals surface area contributed by atoms with Crippen molar-refractivity contribution in [2.75, 3.05) is 23.3 Å². The smallest absolute Gasteiger partial charge is 0.255 e. The van der Waals surface area contributed by atoms with E-state index in [1.165, 1.54) is 25.7 Å². The second kappa shape index (κ2) is 7.90. The van der Waals surface area contributed by atoms with Crippen molar-refractivity contribution >= 4 is 17.4 Å². The highest BCUT2D eigenvalue weighted by Crippen LogP contribution is 2.29. The largest absolute Gasteiger partial charge is 0.357 e. The number of para-hydroxylation sites is 1. The SMILES string of the molecule is CC(C)(C)c1ccccc1NC(=O)c1ccnc(N2CCCCCC2)c1. The zero-order valence-corrected chi connectivity index (χ0v) is 16.1. The quantitative estimate of drug-likeness (QED) is 0.845. The first kappa shape index (κ1) is 18.4. The third-order valence-corrected chi connectivity index (χ3v) is 4.92. The molecule has 1 N–H and O–H groups in total. The van der Waals surface area contributed by atoms with Crippen LogP contribution in [0.5, 0.6) is 0 Å². The van der Waals surface area contributed by atoms with Crippen molar-refractivity contribution < 1.29 is 4.79 Å². The van der Waals surface area contributed by atoms with Crippen LogP contribution in [0.3, 0.4) is 0 Å². The third-order valence-electron chi connectivity index (χ3n) is 4.92. The number of anilines is 2. The van der Waals surface area contributed by atoms with Crippen LogP contribution in [0.25, 0.3) is 0 Å². The van der Waals surface area contributed by atoms with E-state index in [1.54, 1.807) is 12.3 Å². The average molecular weight is 351 g/mol. The molecule has 0 atom stereocenters. The van der Waals surface area contributed by atoms with Gasteiger partial charge in [-0.25, -0.2) is 4.98 Å². The van der Waals surface area contributed by atoms with Gasteiger partial charge in [0.05, 0.1) is 0 Å². The molecule has 1 aliphatic rings. The van der Waals surface area contributed by atoms with E-state index in [-0.39, 0.29) is 11.3 Å². The van der Waals surface area contributed by atoms with Crippen molar-refractivity contribution in [3.8, 4) is 0 Å². The van der Waals surface area contributed by atoms with Crippen LogP contribution in [0.4, 0.5) is 11.5 Å². The molecule has 0 saturated carbocycles. The lowest BCUT2D eigenvalue weighted by Gasteiger charge is -2.23. The zero-order valence-electron chi connectivity index (χ0n) is 16.1. The summed E-state index contributed by atoms with van der Waals surface area (Å²) < 4.78 is 0. The first-order valence-electron chi connectivity index (χ1n) is 9.57. The zero-order chi connectivity index (χ0) is 18.6. The maximum Gasteiger partial charge on any atom is 0.255 e. The Morgan fingerprint density at radius 3 is 2.42 bits per heavy atom. The van der Waals surface area contributed by atoms with Crippen LogP contribution in [0.2, 0.25) is 0 Å². The van der Waals surface area contributed by atoms with E-state index >= 15 is 0 Å². The van der Waals surface area contributed by atoms with Gasteiger partial charge in [-0.05, 0) is 42.0 Å². The van der Waals surface area contributed by atoms with Gasteiger partial charge in [-0.2, -0.15) is 0 Å². The molecule has 3 rings (SSSR count). The molecule has 0 aliphatic carbocycles. The van der Waals surface area contributed by atoms with Gasteiger partial charge in [0.2, 0.25) is 0 Å². The fourth-order valence-electron chi connectivity index (χ4n) is 3.47. The summed E-state index contributed by atoms with van der Waals surface area (Å²) in [6.07, 6.45) is 6.68. The molecular weight excluding hydrogens is 322 g/mol. The number of carbonyl (C=O) groups excluding carboxylic acids is 1. The molecule has 1 aromatic carbocycles. The lowest BCUT2D eigenvalue weighted by atomic mass is 9.86. The van der Waals surface area contributed by atoms with Crippen molar-refractivity contribution in [2.45, 2.75) is 51.9 Å². The Hall–Kier alpha value is -2.36. The molecule has 0 spiro atoms. The van der Waals surface area contributed by atoms with E-state index in [9.17, 15) is 4.79 Å². The fraction of sp³-hybridized carbons (Fsp3) is 0.455. The minimum absolute atomic E-state index is 0.0284. The lowest BCUT2D eigenvalue weighted by molar-refractivity contribution is 0.102. The van der Waals surface area contributed by atoms with Crippen LogP contribution in [0.15, 0.2) is 42.6 Å². The first-order valence-corrected chi connectivity index (χ1v) is 9.57. The van der Waals surface area contributed by atoms with Gasteiger partial charge in [-0.15, -0.1) is 0 Å². The number of rotatable bonds is 3. The van der Waals surface area contributed by atoms with Gasteiger partial charge >= 0.3 is 0 Å². The second-order valence-electron chi connectivity index (χ2n) is 8.05. The van der Waals surface area contributed by atoms with E-state index < -0.39 is 0 Å². The molecule has 4 heteroatoms. The van der Waals surface area contributed by atoms with Crippen molar-refractivity contribution in [1.82, 2.24) is 4.98 Å². The standard InChI is InChI=1S/C22H29N3O/c1-22(2,3)18-10-6-7-11-19(18)24-21(26)17-12-13-23-20(16-17)25-14-8-4-5-9-15-25/h6-7,10-13,16H,4-5,8-9,14-15H2,1-3H3,(H,24,26). The molecule has 0 bridgehead atoms. The summed E-state index contributed by atoms with van der Waals surface area (Å²) in [5, 5.41) is 3.09. The summed E-state index contributed by atoms with van der Waals surface area (Å²) in [5.41, 5.74) is 2.63. The summed E-state index contributed by atoms with van der Waals surface area (Å²) in [6.45, 7) is 8.50. The number of aromatic nitrogens is 1. The molecule has 26 heavy (non-hydrogen) atoms. The van der Waals surface area contributed by atoms with Crippen molar-refractivity contribution in [2.24, 2.45) is 0 Å². The molecule has 4 nitrogen and oxygen atoms in total. The highest BCUT2D eigenvalue weighted by Gasteiger charge is 2.19. The van der Waals surface area contributed by atoms with Gasteiger partial charge in [-0.1, -0.05) is 51.8 Å². The number of nitrogens with zero attached hydrogens (tertiary/aromatic N) is 2. The first-order chi connectivity index (χ1) is 12.4. The molecule has 1 aromatic heterocycles. The van der Waals surface area contributed by atoms with Crippen molar-refractivity contribution in [3.63, 3.8) is 0 Å². The van der Waals surface area contributed by atoms with Crippen LogP contribution < -0.4 is 10.2 Å². The number of carbonyl (C=O) groups is 1. The Morgan fingerprint density at radius 2 is 1.73 bits per heavy atom. The molecule has 2 aromatic rings. The fourth-order valence-corrected chi connectivity index (χ4v) is 3.47. The van der Waals surface area contributed by atoms with E-state index in [2.05, 4.69) is 42.0 Å². The summed E-state index contributed by atoms with van der Waals surface area (Å²) >= 11 is 0. The normalized spacial score (nSPS) is 15.4. The summed E-state index contributed by atoms with van der Waals surface area (Å²) in [4.78, 5) is 19.6. The molecule has 1 fully saturated rings. The van der Waals surface area contributed by atoms with Crippen molar-refractivity contribution in [3.05, 3.63) is 53.7 Å². The summed E-state index contributed by atoms with van der Waals surface area (Å²) in [5.74, 6) is 0.823. The highest BCUT2D eigenvalue weighted by molar-refractivity contribution is 6.05. The maximum absolute atomic E-state index is 12.8. The van der Waals surface area contributed by atoms with Gasteiger partial charge in [0.15, 0.2) is 0 Å². The minimum Gasteiger partial charge on any atom is -0.357 e. The Bertz CT molecular complexity index is 756. The molecule has 0 radical (unpaired) electrons. The number of hydrogen-bond acceptors (Lipinski definition) is 3. The van der Waals surface area contributed by atoms with Gasteiger partial charge < -0.3 is 10.2 Å². The highest BCUT2D eigenvalue weighted by atomic mass is 16.1. The van der Waals surface area contributed by atoms with Crippen LogP contribution in [-0.4, -0.2) is 24.0 Å². The van der Waals surface area contributed by atoms with Crippen LogP contribution in [0.1, 0.15) is 62.4 Å². The number of nitrogens with one attached hydrogen (secondary N) is 1. The van der Waals surface area contributed by atoms with E-state index in [4.69, 9.17) is 0 Å². The van der Waals surface area contributed by atoms with E-state index in [1.807, 2.05) is 24.3 Å². The predicted molar refractivity (Wildman–Crippen MR) is 108 cm³/mol. The number of benzene rings is 1. The van der Waals surface area contributed by atoms with Crippen LogP contribution in [0, 0.1) is 0 Å². The second-order valence-corrected chi connectivity index (χ2v) is 8.05. The number of pyridine rings is 1. The molecule has 1 amide bonds. The van der Waals surface area contributed by atoms with Gasteiger partial charge in [0.1, 0.15) is 5.82 Å². The summed E-state index contributed by atoms with van der Waals surface area (Å²) in [7, 11) is 0. The molecule has 0 unspecified atom stereocenters. The Balaban J connectivity index is 1.80. The monoisotopic (exact) mass is 351 g/mol. The van der Waals surface area contributed by atoms with E-state index in [0.717, 1.165) is 30.2 Å². The molecular formula is C22H29N3O. The lowest BCUT2D eigenvalue weighted by Crippen LogP contribution is -2.25. The van der Waals surface area contributed by atoms with Crippen LogP contribution >= 0.6 is 0 Å².